The van der Waals surface area contributed by atoms with E-state index in [1.807, 2.05) is 65.6 Å². The van der Waals surface area contributed by atoms with E-state index in [1.165, 1.54) is 24.3 Å². The van der Waals surface area contributed by atoms with Crippen LogP contribution in [0.25, 0.3) is 0 Å². The summed E-state index contributed by atoms with van der Waals surface area (Å²) in [6.45, 7) is -0.862. The molecule has 334 valence electrons. The topological polar surface area (TPSA) is 198 Å². The van der Waals surface area contributed by atoms with Crippen LogP contribution in [-0.2, 0) is 35.9 Å². The van der Waals surface area contributed by atoms with Gasteiger partial charge in [-0.15, -0.1) is 0 Å². The lowest BCUT2D eigenvalue weighted by molar-refractivity contribution is -0.384. The fourth-order valence-electron chi connectivity index (χ4n) is 9.78. The molecule has 7 atom stereocenters. The number of carbonyl (C=O) groups is 4. The summed E-state index contributed by atoms with van der Waals surface area (Å²) >= 11 is 0. The molecule has 3 heterocycles. The summed E-state index contributed by atoms with van der Waals surface area (Å²) in [5.41, 5.74) is 0.976. The van der Waals surface area contributed by atoms with E-state index in [4.69, 9.17) is 14.2 Å². The van der Waals surface area contributed by atoms with Gasteiger partial charge in [0.2, 0.25) is 11.8 Å². The monoisotopic (exact) mass is 888 g/mol. The number of para-hydroxylation sites is 1. The van der Waals surface area contributed by atoms with Crippen LogP contribution in [0.15, 0.2) is 164 Å². The first-order chi connectivity index (χ1) is 32.1. The molecule has 0 bridgehead atoms. The van der Waals surface area contributed by atoms with Crippen LogP contribution in [0.4, 0.5) is 16.2 Å². The van der Waals surface area contributed by atoms with Gasteiger partial charge in [0.25, 0.3) is 5.69 Å². The first-order valence-electron chi connectivity index (χ1n) is 21.4. The average molecular weight is 889 g/mol. The summed E-state index contributed by atoms with van der Waals surface area (Å²) < 4.78 is 18.0. The van der Waals surface area contributed by atoms with E-state index in [9.17, 15) is 25.1 Å². The first kappa shape index (κ1) is 43.5. The van der Waals surface area contributed by atoms with Crippen molar-refractivity contribution < 1.29 is 48.5 Å². The SMILES string of the molecule is O=C1O[C@H](c2ccccc2)[C@H](c2ccccc2)N2[C@H]1[C@@H](C(=O)NC[C@H](O)c1ccccc1)[C@]1(C(=O)N(C(=O)OCc3ccc([N+](=O)[O-])cc3)c3ccccc31)[C@H]2c1ccc(OCCO)cc1. The second-order valence-corrected chi connectivity index (χ2v) is 16.2. The molecule has 0 saturated carbocycles. The van der Waals surface area contributed by atoms with Gasteiger partial charge < -0.3 is 29.7 Å². The number of non-ortho nitro benzene ring substituents is 1. The molecule has 0 radical (unpaired) electrons. The van der Waals surface area contributed by atoms with Crippen molar-refractivity contribution in [3.05, 3.63) is 207 Å². The highest BCUT2D eigenvalue weighted by molar-refractivity contribution is 6.23. The van der Waals surface area contributed by atoms with Gasteiger partial charge in [-0.05, 0) is 63.7 Å². The number of nitro benzene ring substituents is 1. The Morgan fingerprint density at radius 1 is 0.773 bits per heavy atom. The number of cyclic esters (lactones) is 1. The number of hydrogen-bond donors (Lipinski definition) is 3. The third kappa shape index (κ3) is 7.72. The number of carbonyl (C=O) groups excluding carboxylic acids is 4. The number of rotatable bonds is 13. The molecular formula is C51H44N4O11. The number of benzene rings is 6. The van der Waals surface area contributed by atoms with Crippen LogP contribution in [0.3, 0.4) is 0 Å². The third-order valence-corrected chi connectivity index (χ3v) is 12.6. The number of aliphatic hydroxyl groups excluding tert-OH is 2. The summed E-state index contributed by atoms with van der Waals surface area (Å²) in [5.74, 6) is -3.56. The third-order valence-electron chi connectivity index (χ3n) is 12.6. The second kappa shape index (κ2) is 18.4. The van der Waals surface area contributed by atoms with Gasteiger partial charge in [0.1, 0.15) is 36.5 Å². The minimum Gasteiger partial charge on any atom is -0.491 e. The van der Waals surface area contributed by atoms with Gasteiger partial charge in [-0.25, -0.2) is 9.69 Å². The number of imide groups is 1. The Kier molecular flexibility index (Phi) is 12.1. The Hall–Kier alpha value is -7.72. The molecule has 6 aromatic rings. The van der Waals surface area contributed by atoms with Crippen LogP contribution in [0.5, 0.6) is 5.75 Å². The number of morpholine rings is 1. The van der Waals surface area contributed by atoms with Crippen LogP contribution in [0.1, 0.15) is 57.7 Å². The van der Waals surface area contributed by atoms with Crippen molar-refractivity contribution in [2.45, 2.75) is 42.4 Å². The molecule has 15 nitrogen and oxygen atoms in total. The van der Waals surface area contributed by atoms with Gasteiger partial charge in [-0.2, -0.15) is 0 Å². The zero-order valence-electron chi connectivity index (χ0n) is 35.3. The number of nitro groups is 1. The maximum Gasteiger partial charge on any atom is 0.421 e. The van der Waals surface area contributed by atoms with Gasteiger partial charge in [-0.3, -0.25) is 29.4 Å². The van der Waals surface area contributed by atoms with E-state index in [1.54, 1.807) is 78.9 Å². The van der Waals surface area contributed by atoms with Crippen molar-refractivity contribution in [2.75, 3.05) is 24.7 Å². The molecule has 0 aromatic heterocycles. The van der Waals surface area contributed by atoms with Gasteiger partial charge in [-0.1, -0.05) is 121 Å². The predicted molar refractivity (Wildman–Crippen MR) is 239 cm³/mol. The van der Waals surface area contributed by atoms with Gasteiger partial charge in [0.05, 0.1) is 41.3 Å². The standard InChI is InChI=1S/C51H44N4O11/c56-28-29-64-38-26-22-36(23-27-38)46-51(39-18-10-11-19-40(39)53(49(51)60)50(61)65-31-32-20-24-37(25-21-32)55(62)63)42(47(58)52-30-41(57)33-12-4-1-5-13-33)44-48(59)66-45(35-16-8-3-9-17-35)43(54(44)46)34-14-6-2-7-15-34/h1-27,41-46,56-57H,28-31H2,(H,52,58)/t41-,42-,43-,44-,45+,46+,51-/m0/s1. The molecular weight excluding hydrogens is 845 g/mol. The second-order valence-electron chi connectivity index (χ2n) is 16.2. The summed E-state index contributed by atoms with van der Waals surface area (Å²) in [5, 5.41) is 35.1. The molecule has 15 heteroatoms. The number of amides is 3. The number of anilines is 1. The molecule has 6 aromatic carbocycles. The number of ether oxygens (including phenoxy) is 3. The van der Waals surface area contributed by atoms with E-state index in [-0.39, 0.29) is 43.3 Å². The first-order valence-corrected chi connectivity index (χ1v) is 21.4. The van der Waals surface area contributed by atoms with Gasteiger partial charge in [0, 0.05) is 18.7 Å². The molecule has 3 N–H and O–H groups in total. The molecule has 3 amide bonds. The van der Waals surface area contributed by atoms with Gasteiger partial charge in [0.15, 0.2) is 0 Å². The molecule has 3 aliphatic heterocycles. The average Bonchev–Trinajstić information content (AvgIpc) is 3.81. The molecule has 2 fully saturated rings. The Morgan fingerprint density at radius 3 is 2.05 bits per heavy atom. The summed E-state index contributed by atoms with van der Waals surface area (Å²) in [6.07, 6.45) is -3.19. The highest BCUT2D eigenvalue weighted by atomic mass is 16.6. The van der Waals surface area contributed by atoms with Crippen molar-refractivity contribution in [3.63, 3.8) is 0 Å². The highest BCUT2D eigenvalue weighted by Crippen LogP contribution is 2.65. The fraction of sp³-hybridized carbons (Fsp3) is 0.216. The zero-order chi connectivity index (χ0) is 46.0. The van der Waals surface area contributed by atoms with Crippen molar-refractivity contribution in [3.8, 4) is 5.75 Å². The number of fused-ring (bicyclic) bond motifs is 3. The summed E-state index contributed by atoms with van der Waals surface area (Å²) in [6, 6.07) is 42.6. The van der Waals surface area contributed by atoms with E-state index in [0.29, 0.717) is 33.6 Å². The largest absolute Gasteiger partial charge is 0.491 e. The van der Waals surface area contributed by atoms with Crippen LogP contribution >= 0.6 is 0 Å². The minimum atomic E-state index is -2.06. The Bertz CT molecular complexity index is 2740. The highest BCUT2D eigenvalue weighted by Gasteiger charge is 2.75. The lowest BCUT2D eigenvalue weighted by Crippen LogP contribution is -2.56. The van der Waals surface area contributed by atoms with E-state index in [2.05, 4.69) is 5.32 Å². The Balaban J connectivity index is 1.24. The fourth-order valence-corrected chi connectivity index (χ4v) is 9.78. The van der Waals surface area contributed by atoms with Crippen molar-refractivity contribution in [1.29, 1.82) is 0 Å². The van der Waals surface area contributed by atoms with Crippen LogP contribution in [0, 0.1) is 16.0 Å². The molecule has 3 aliphatic rings. The predicted octanol–water partition coefficient (Wildman–Crippen LogP) is 6.82. The zero-order valence-corrected chi connectivity index (χ0v) is 35.3. The minimum absolute atomic E-state index is 0.0154. The normalized spacial score (nSPS) is 22.5. The van der Waals surface area contributed by atoms with E-state index >= 15 is 14.4 Å². The molecule has 2 saturated heterocycles. The number of aliphatic hydroxyl groups is 2. The maximum absolute atomic E-state index is 16.2. The number of nitrogens with one attached hydrogen (secondary N) is 1. The molecule has 9 rings (SSSR count). The molecule has 1 spiro atoms. The van der Waals surface area contributed by atoms with E-state index in [0.717, 1.165) is 4.90 Å². The number of hydrogen-bond acceptors (Lipinski definition) is 12. The van der Waals surface area contributed by atoms with Crippen LogP contribution in [-0.4, -0.2) is 69.7 Å². The van der Waals surface area contributed by atoms with Crippen molar-refractivity contribution in [1.82, 2.24) is 10.2 Å². The van der Waals surface area contributed by atoms with Crippen LogP contribution < -0.4 is 15.0 Å². The summed E-state index contributed by atoms with van der Waals surface area (Å²) in [7, 11) is 0. The molecule has 0 unspecified atom stereocenters. The van der Waals surface area contributed by atoms with Crippen LogP contribution in [0.2, 0.25) is 0 Å². The quantitative estimate of drug-likeness (QED) is 0.0623. The number of esters is 1. The maximum atomic E-state index is 16.2. The number of nitrogens with zero attached hydrogens (tertiary/aromatic N) is 3. The van der Waals surface area contributed by atoms with Crippen molar-refractivity contribution in [2.24, 2.45) is 5.92 Å². The van der Waals surface area contributed by atoms with E-state index < -0.39 is 70.5 Å². The van der Waals surface area contributed by atoms with Gasteiger partial charge >= 0.3 is 12.1 Å². The van der Waals surface area contributed by atoms with Crippen molar-refractivity contribution >= 4 is 35.3 Å². The smallest absolute Gasteiger partial charge is 0.421 e. The molecule has 0 aliphatic carbocycles. The summed E-state index contributed by atoms with van der Waals surface area (Å²) in [4.78, 5) is 74.9. The Labute approximate surface area is 378 Å². The lowest BCUT2D eigenvalue weighted by Gasteiger charge is -2.46. The lowest BCUT2D eigenvalue weighted by atomic mass is 9.65. The Morgan fingerprint density at radius 2 is 1.39 bits per heavy atom. The molecule has 66 heavy (non-hydrogen) atoms.